The van der Waals surface area contributed by atoms with Gasteiger partial charge in [-0.1, -0.05) is 25.2 Å². The van der Waals surface area contributed by atoms with Crippen LogP contribution in [0.25, 0.3) is 0 Å². The maximum absolute atomic E-state index is 5.28. The highest BCUT2D eigenvalue weighted by Crippen LogP contribution is 2.18. The molecule has 0 aromatic heterocycles. The molecule has 0 spiro atoms. The summed E-state index contributed by atoms with van der Waals surface area (Å²) in [4.78, 5) is 0. The van der Waals surface area contributed by atoms with E-state index in [4.69, 9.17) is 4.74 Å². The van der Waals surface area contributed by atoms with E-state index in [2.05, 4.69) is 25.2 Å². The topological polar surface area (TPSA) is 9.23 Å². The summed E-state index contributed by atoms with van der Waals surface area (Å²) in [6.07, 6.45) is 8.88. The Hall–Kier alpha value is -0.560. The van der Waals surface area contributed by atoms with Crippen LogP contribution in [0.5, 0.6) is 0 Å². The van der Waals surface area contributed by atoms with Crippen molar-refractivity contribution in [3.63, 3.8) is 0 Å². The molecule has 0 aliphatic heterocycles. The number of methoxy groups -OCH3 is 1. The van der Waals surface area contributed by atoms with E-state index in [1.54, 1.807) is 7.11 Å². The highest BCUT2D eigenvalue weighted by Gasteiger charge is 2.11. The van der Waals surface area contributed by atoms with Crippen molar-refractivity contribution >= 4 is 0 Å². The maximum Gasteiger partial charge on any atom is 0.0818 e. The van der Waals surface area contributed by atoms with Gasteiger partial charge in [0.05, 0.1) is 6.10 Å². The van der Waals surface area contributed by atoms with Crippen LogP contribution < -0.4 is 0 Å². The summed E-state index contributed by atoms with van der Waals surface area (Å²) in [6.45, 7) is 2.16. The van der Waals surface area contributed by atoms with Gasteiger partial charge in [0.25, 0.3) is 0 Å². The molecule has 0 radical (unpaired) electrons. The van der Waals surface area contributed by atoms with Crippen molar-refractivity contribution in [1.82, 2.24) is 0 Å². The first-order valence-electron chi connectivity index (χ1n) is 3.77. The van der Waals surface area contributed by atoms with Crippen LogP contribution in [0, 0.1) is 0 Å². The quantitative estimate of drug-likeness (QED) is 0.569. The Morgan fingerprint density at radius 2 is 2.50 bits per heavy atom. The van der Waals surface area contributed by atoms with Crippen molar-refractivity contribution in [2.24, 2.45) is 0 Å². The van der Waals surface area contributed by atoms with Gasteiger partial charge in [-0.3, -0.25) is 0 Å². The Morgan fingerprint density at radius 3 is 3.00 bits per heavy atom. The van der Waals surface area contributed by atoms with Crippen LogP contribution in [0.4, 0.5) is 0 Å². The summed E-state index contributed by atoms with van der Waals surface area (Å²) in [7, 11) is 1.77. The maximum atomic E-state index is 5.28. The number of allylic oxidation sites excluding steroid dienone is 2. The lowest BCUT2D eigenvalue weighted by atomic mass is 10.00. The highest BCUT2D eigenvalue weighted by atomic mass is 16.5. The molecule has 1 aliphatic rings. The Labute approximate surface area is 62.4 Å². The minimum atomic E-state index is 0.343. The summed E-state index contributed by atoms with van der Waals surface area (Å²) < 4.78 is 5.28. The smallest absolute Gasteiger partial charge is 0.0818 e. The van der Waals surface area contributed by atoms with Crippen LogP contribution >= 0.6 is 0 Å². The van der Waals surface area contributed by atoms with Crippen molar-refractivity contribution in [3.05, 3.63) is 23.8 Å². The number of ether oxygens (including phenoxy) is 1. The molecule has 1 heteroatoms. The van der Waals surface area contributed by atoms with Gasteiger partial charge in [-0.25, -0.2) is 0 Å². The molecule has 0 aromatic rings. The monoisotopic (exact) mass is 138 g/mol. The molecule has 1 aliphatic carbocycles. The summed E-state index contributed by atoms with van der Waals surface area (Å²) in [5.74, 6) is 0. The van der Waals surface area contributed by atoms with Crippen LogP contribution in [0.2, 0.25) is 0 Å². The molecule has 1 unspecified atom stereocenters. The molecule has 0 saturated heterocycles. The van der Waals surface area contributed by atoms with Crippen molar-refractivity contribution < 1.29 is 4.74 Å². The van der Waals surface area contributed by atoms with E-state index in [-0.39, 0.29) is 0 Å². The van der Waals surface area contributed by atoms with Crippen molar-refractivity contribution in [3.8, 4) is 0 Å². The highest BCUT2D eigenvalue weighted by molar-refractivity contribution is 5.21. The Bertz CT molecular complexity index is 156. The molecular weight excluding hydrogens is 124 g/mol. The van der Waals surface area contributed by atoms with E-state index in [0.29, 0.717) is 6.10 Å². The van der Waals surface area contributed by atoms with Gasteiger partial charge in [0.1, 0.15) is 0 Å². The third-order valence-electron chi connectivity index (χ3n) is 1.90. The zero-order valence-electron chi connectivity index (χ0n) is 6.63. The predicted octanol–water partition coefficient (Wildman–Crippen LogP) is 2.30. The molecule has 1 rings (SSSR count). The summed E-state index contributed by atoms with van der Waals surface area (Å²) in [6, 6.07) is 0. The lowest BCUT2D eigenvalue weighted by molar-refractivity contribution is 0.130. The first kappa shape index (κ1) is 7.55. The van der Waals surface area contributed by atoms with E-state index < -0.39 is 0 Å². The minimum absolute atomic E-state index is 0.343. The van der Waals surface area contributed by atoms with Gasteiger partial charge >= 0.3 is 0 Å². The van der Waals surface area contributed by atoms with Gasteiger partial charge in [0, 0.05) is 7.11 Å². The average Bonchev–Trinajstić information content (AvgIpc) is 2.04. The number of hydrogen-bond acceptors (Lipinski definition) is 1. The second-order valence-electron chi connectivity index (χ2n) is 2.48. The molecule has 1 nitrogen and oxygen atoms in total. The molecule has 1 atom stereocenters. The lowest BCUT2D eigenvalue weighted by Crippen LogP contribution is -2.13. The van der Waals surface area contributed by atoms with E-state index >= 15 is 0 Å². The SMILES string of the molecule is CCC1=CC=CCC1OC. The molecule has 0 aromatic carbocycles. The minimum Gasteiger partial charge on any atom is -0.377 e. The van der Waals surface area contributed by atoms with Gasteiger partial charge in [-0.15, -0.1) is 0 Å². The fraction of sp³-hybridized carbons (Fsp3) is 0.556. The second kappa shape index (κ2) is 3.57. The largest absolute Gasteiger partial charge is 0.377 e. The third kappa shape index (κ3) is 1.48. The molecule has 56 valence electrons. The van der Waals surface area contributed by atoms with Crippen LogP contribution in [-0.4, -0.2) is 13.2 Å². The fourth-order valence-corrected chi connectivity index (χ4v) is 1.25. The standard InChI is InChI=1S/C9H14O/c1-3-8-6-4-5-7-9(8)10-2/h4-6,9H,3,7H2,1-2H3. The zero-order chi connectivity index (χ0) is 7.40. The van der Waals surface area contributed by atoms with Gasteiger partial charge in [0.2, 0.25) is 0 Å². The lowest BCUT2D eigenvalue weighted by Gasteiger charge is -2.18. The van der Waals surface area contributed by atoms with E-state index in [9.17, 15) is 0 Å². The normalized spacial score (nSPS) is 24.6. The fourth-order valence-electron chi connectivity index (χ4n) is 1.25. The van der Waals surface area contributed by atoms with Gasteiger partial charge < -0.3 is 4.74 Å². The molecule has 0 bridgehead atoms. The Kier molecular flexibility index (Phi) is 2.69. The summed E-state index contributed by atoms with van der Waals surface area (Å²) in [5.41, 5.74) is 1.41. The van der Waals surface area contributed by atoms with Gasteiger partial charge in [-0.2, -0.15) is 0 Å². The molecule has 0 N–H and O–H groups in total. The van der Waals surface area contributed by atoms with Gasteiger partial charge in [-0.05, 0) is 18.4 Å². The predicted molar refractivity (Wildman–Crippen MR) is 42.9 cm³/mol. The molecule has 0 fully saturated rings. The molecule has 0 heterocycles. The average molecular weight is 138 g/mol. The zero-order valence-corrected chi connectivity index (χ0v) is 6.63. The van der Waals surface area contributed by atoms with Crippen LogP contribution in [0.3, 0.4) is 0 Å². The van der Waals surface area contributed by atoms with Crippen molar-refractivity contribution in [2.75, 3.05) is 7.11 Å². The summed E-state index contributed by atoms with van der Waals surface area (Å²) in [5, 5.41) is 0. The molecule has 0 amide bonds. The van der Waals surface area contributed by atoms with E-state index in [0.717, 1.165) is 12.8 Å². The van der Waals surface area contributed by atoms with Crippen molar-refractivity contribution in [2.45, 2.75) is 25.9 Å². The number of rotatable bonds is 2. The van der Waals surface area contributed by atoms with Crippen LogP contribution in [0.15, 0.2) is 23.8 Å². The molecular formula is C9H14O. The van der Waals surface area contributed by atoms with E-state index in [1.165, 1.54) is 5.57 Å². The van der Waals surface area contributed by atoms with Gasteiger partial charge in [0.15, 0.2) is 0 Å². The molecule has 10 heavy (non-hydrogen) atoms. The Morgan fingerprint density at radius 1 is 1.70 bits per heavy atom. The van der Waals surface area contributed by atoms with Crippen LogP contribution in [0.1, 0.15) is 19.8 Å². The first-order chi connectivity index (χ1) is 4.88. The Balaban J connectivity index is 2.61. The number of hydrogen-bond donors (Lipinski definition) is 0. The third-order valence-corrected chi connectivity index (χ3v) is 1.90. The van der Waals surface area contributed by atoms with Crippen LogP contribution in [-0.2, 0) is 4.74 Å². The second-order valence-corrected chi connectivity index (χ2v) is 2.48. The summed E-state index contributed by atoms with van der Waals surface area (Å²) >= 11 is 0. The van der Waals surface area contributed by atoms with E-state index in [1.807, 2.05) is 0 Å². The first-order valence-corrected chi connectivity index (χ1v) is 3.77. The molecule has 0 saturated carbocycles. The van der Waals surface area contributed by atoms with Crippen molar-refractivity contribution in [1.29, 1.82) is 0 Å².